The number of fused-ring (bicyclic) bond motifs is 1. The molecule has 1 aromatic heterocycles. The maximum Gasteiger partial charge on any atom is 0.110 e. The van der Waals surface area contributed by atoms with Gasteiger partial charge in [-0.25, -0.2) is 4.98 Å². The van der Waals surface area contributed by atoms with Crippen molar-refractivity contribution in [3.05, 3.63) is 30.1 Å². The number of nitrogens with two attached hydrogens (primary N) is 1. The molecule has 0 aliphatic heterocycles. The van der Waals surface area contributed by atoms with Crippen molar-refractivity contribution in [2.24, 2.45) is 5.73 Å². The zero-order chi connectivity index (χ0) is 13.2. The second-order valence-corrected chi connectivity index (χ2v) is 5.72. The zero-order valence-electron chi connectivity index (χ0n) is 11.7. The van der Waals surface area contributed by atoms with Crippen LogP contribution in [0.4, 0.5) is 0 Å². The molecule has 102 valence electrons. The second-order valence-electron chi connectivity index (χ2n) is 5.72. The third-order valence-electron chi connectivity index (χ3n) is 4.19. The number of hydrogen-bond acceptors (Lipinski definition) is 2. The van der Waals surface area contributed by atoms with Crippen molar-refractivity contribution in [1.82, 2.24) is 9.55 Å². The van der Waals surface area contributed by atoms with E-state index in [1.165, 1.54) is 30.6 Å². The summed E-state index contributed by atoms with van der Waals surface area (Å²) in [5, 5.41) is 0. The molecule has 0 spiro atoms. The molecule has 0 saturated heterocycles. The highest BCUT2D eigenvalue weighted by Gasteiger charge is 2.24. The first-order valence-corrected chi connectivity index (χ1v) is 7.51. The minimum absolute atomic E-state index is 0.356. The number of imidazole rings is 1. The Kier molecular flexibility index (Phi) is 3.56. The third-order valence-corrected chi connectivity index (χ3v) is 4.19. The summed E-state index contributed by atoms with van der Waals surface area (Å²) in [6.45, 7) is 2.22. The number of aromatic nitrogens is 2. The van der Waals surface area contributed by atoms with Gasteiger partial charge in [0, 0.05) is 18.5 Å². The number of benzene rings is 1. The van der Waals surface area contributed by atoms with Crippen LogP contribution < -0.4 is 5.73 Å². The quantitative estimate of drug-likeness (QED) is 0.915. The molecule has 1 heterocycles. The second kappa shape index (κ2) is 5.33. The van der Waals surface area contributed by atoms with Gasteiger partial charge < -0.3 is 10.3 Å². The monoisotopic (exact) mass is 257 g/mol. The van der Waals surface area contributed by atoms with E-state index < -0.39 is 0 Å². The molecule has 1 saturated carbocycles. The van der Waals surface area contributed by atoms with E-state index in [1.54, 1.807) is 0 Å². The Morgan fingerprint density at radius 2 is 2.16 bits per heavy atom. The molecule has 3 nitrogen and oxygen atoms in total. The number of nitrogens with zero attached hydrogens (tertiary/aromatic N) is 2. The summed E-state index contributed by atoms with van der Waals surface area (Å²) in [5.74, 6) is 1.24. The Hall–Kier alpha value is -1.35. The summed E-state index contributed by atoms with van der Waals surface area (Å²) in [6.07, 6.45) is 6.94. The average molecular weight is 257 g/mol. The van der Waals surface area contributed by atoms with E-state index in [9.17, 15) is 0 Å². The van der Waals surface area contributed by atoms with Gasteiger partial charge in [-0.2, -0.15) is 0 Å². The lowest BCUT2D eigenvalue weighted by atomic mass is 9.91. The van der Waals surface area contributed by atoms with Gasteiger partial charge in [-0.3, -0.25) is 0 Å². The van der Waals surface area contributed by atoms with Gasteiger partial charge >= 0.3 is 0 Å². The van der Waals surface area contributed by atoms with E-state index in [0.717, 1.165) is 24.8 Å². The smallest absolute Gasteiger partial charge is 0.110 e. The van der Waals surface area contributed by atoms with Crippen LogP contribution in [0, 0.1) is 0 Å². The van der Waals surface area contributed by atoms with Crippen LogP contribution in [-0.4, -0.2) is 15.6 Å². The predicted octanol–water partition coefficient (Wildman–Crippen LogP) is 3.43. The van der Waals surface area contributed by atoms with Crippen molar-refractivity contribution in [1.29, 1.82) is 0 Å². The molecule has 2 atom stereocenters. The zero-order valence-corrected chi connectivity index (χ0v) is 11.7. The van der Waals surface area contributed by atoms with Crippen molar-refractivity contribution >= 4 is 11.0 Å². The van der Waals surface area contributed by atoms with Crippen molar-refractivity contribution < 1.29 is 0 Å². The van der Waals surface area contributed by atoms with Crippen molar-refractivity contribution in [2.45, 2.75) is 57.5 Å². The molecule has 19 heavy (non-hydrogen) atoms. The van der Waals surface area contributed by atoms with E-state index in [4.69, 9.17) is 10.7 Å². The lowest BCUT2D eigenvalue weighted by Crippen LogP contribution is -2.30. The molecule has 0 radical (unpaired) electrons. The van der Waals surface area contributed by atoms with E-state index >= 15 is 0 Å². The highest BCUT2D eigenvalue weighted by Crippen LogP contribution is 2.32. The number of rotatable bonds is 3. The molecule has 2 unspecified atom stereocenters. The summed E-state index contributed by atoms with van der Waals surface area (Å²) in [6, 6.07) is 9.39. The Labute approximate surface area is 114 Å². The maximum atomic E-state index is 6.17. The normalized spacial score (nSPS) is 23.9. The van der Waals surface area contributed by atoms with Crippen molar-refractivity contribution in [3.63, 3.8) is 0 Å². The molecule has 0 bridgehead atoms. The summed E-state index contributed by atoms with van der Waals surface area (Å²) in [5.41, 5.74) is 8.58. The van der Waals surface area contributed by atoms with Gasteiger partial charge in [0.2, 0.25) is 0 Å². The van der Waals surface area contributed by atoms with Gasteiger partial charge in [0.1, 0.15) is 5.82 Å². The van der Waals surface area contributed by atoms with Crippen LogP contribution in [0.5, 0.6) is 0 Å². The van der Waals surface area contributed by atoms with Gasteiger partial charge in [0.05, 0.1) is 11.0 Å². The fraction of sp³-hybridized carbons (Fsp3) is 0.562. The highest BCUT2D eigenvalue weighted by molar-refractivity contribution is 5.76. The first kappa shape index (κ1) is 12.7. The molecule has 1 aliphatic carbocycles. The first-order valence-electron chi connectivity index (χ1n) is 7.51. The van der Waals surface area contributed by atoms with Gasteiger partial charge in [0.15, 0.2) is 0 Å². The lowest BCUT2D eigenvalue weighted by Gasteiger charge is -2.29. The van der Waals surface area contributed by atoms with Crippen LogP contribution in [-0.2, 0) is 6.42 Å². The fourth-order valence-electron chi connectivity index (χ4n) is 3.34. The van der Waals surface area contributed by atoms with Crippen LogP contribution in [0.3, 0.4) is 0 Å². The summed E-state index contributed by atoms with van der Waals surface area (Å²) < 4.78 is 2.47. The molecule has 1 fully saturated rings. The molecule has 1 aliphatic rings. The van der Waals surface area contributed by atoms with Gasteiger partial charge in [-0.05, 0) is 44.2 Å². The minimum atomic E-state index is 0.356. The molecular formula is C16H23N3. The Morgan fingerprint density at radius 1 is 1.32 bits per heavy atom. The summed E-state index contributed by atoms with van der Waals surface area (Å²) in [4.78, 5) is 4.82. The van der Waals surface area contributed by atoms with Crippen molar-refractivity contribution in [3.8, 4) is 0 Å². The van der Waals surface area contributed by atoms with E-state index in [0.29, 0.717) is 12.1 Å². The van der Waals surface area contributed by atoms with Crippen LogP contribution in [0.2, 0.25) is 0 Å². The molecular weight excluding hydrogens is 234 g/mol. The molecule has 2 N–H and O–H groups in total. The molecule has 2 aromatic rings. The standard InChI is InChI=1S/C16H23N3/c1-2-6-16-18-14-9-3-4-10-15(14)19(16)13-8-5-7-12(17)11-13/h3-4,9-10,12-13H,2,5-8,11,17H2,1H3. The molecule has 3 rings (SSSR count). The number of hydrogen-bond donors (Lipinski definition) is 1. The minimum Gasteiger partial charge on any atom is -0.328 e. The van der Waals surface area contributed by atoms with Crippen molar-refractivity contribution in [2.75, 3.05) is 0 Å². The first-order chi connectivity index (χ1) is 9.29. The van der Waals surface area contributed by atoms with E-state index in [-0.39, 0.29) is 0 Å². The molecule has 1 aromatic carbocycles. The SMILES string of the molecule is CCCc1nc2ccccc2n1C1CCCC(N)C1. The topological polar surface area (TPSA) is 43.8 Å². The predicted molar refractivity (Wildman–Crippen MR) is 79.2 cm³/mol. The van der Waals surface area contributed by atoms with Gasteiger partial charge in [0.25, 0.3) is 0 Å². The lowest BCUT2D eigenvalue weighted by molar-refractivity contribution is 0.319. The van der Waals surface area contributed by atoms with Crippen LogP contribution in [0.15, 0.2) is 24.3 Å². The van der Waals surface area contributed by atoms with Crippen LogP contribution in [0.25, 0.3) is 11.0 Å². The summed E-state index contributed by atoms with van der Waals surface area (Å²) >= 11 is 0. The largest absolute Gasteiger partial charge is 0.328 e. The number of para-hydroxylation sites is 2. The summed E-state index contributed by atoms with van der Waals surface area (Å²) in [7, 11) is 0. The van der Waals surface area contributed by atoms with Gasteiger partial charge in [-0.15, -0.1) is 0 Å². The Bertz CT molecular complexity index is 558. The average Bonchev–Trinajstić information content (AvgIpc) is 2.77. The third kappa shape index (κ3) is 2.39. The van der Waals surface area contributed by atoms with Crippen LogP contribution >= 0.6 is 0 Å². The highest BCUT2D eigenvalue weighted by atomic mass is 15.1. The maximum absolute atomic E-state index is 6.17. The van der Waals surface area contributed by atoms with E-state index in [2.05, 4.69) is 35.8 Å². The molecule has 0 amide bonds. The number of aryl methyl sites for hydroxylation is 1. The van der Waals surface area contributed by atoms with E-state index in [1.807, 2.05) is 0 Å². The fourth-order valence-corrected chi connectivity index (χ4v) is 3.34. The molecule has 3 heteroatoms. The van der Waals surface area contributed by atoms with Crippen LogP contribution in [0.1, 0.15) is 50.9 Å². The van der Waals surface area contributed by atoms with Gasteiger partial charge in [-0.1, -0.05) is 19.1 Å². The Morgan fingerprint density at radius 3 is 2.95 bits per heavy atom. The Balaban J connectivity index is 2.06.